The van der Waals surface area contributed by atoms with Crippen LogP contribution < -0.4 is 4.74 Å². The fraction of sp³-hybridized carbons (Fsp3) is 0.304. The van der Waals surface area contributed by atoms with Gasteiger partial charge < -0.3 is 9.64 Å². The lowest BCUT2D eigenvalue weighted by molar-refractivity contribution is 0.107. The number of amides is 1. The third kappa shape index (κ3) is 5.39. The summed E-state index contributed by atoms with van der Waals surface area (Å²) in [5.74, 6) is 0.558. The van der Waals surface area contributed by atoms with Crippen molar-refractivity contribution in [2.75, 3.05) is 26.2 Å². The number of hydrogen-bond acceptors (Lipinski definition) is 6. The second-order valence-corrected chi connectivity index (χ2v) is 7.47. The Balaban J connectivity index is 1.26. The van der Waals surface area contributed by atoms with Crippen molar-refractivity contribution in [1.82, 2.24) is 24.8 Å². The molecule has 2 aromatic heterocycles. The first-order valence-electron chi connectivity index (χ1n) is 10.1. The molecule has 3 aromatic rings. The standard InChI is InChI=1S/C23H25N5O2/c1-18-6-7-25-20(14-18)15-19-2-4-22(5-3-19)30-23(29)28-12-10-27(11-13-28)17-21-16-24-8-9-26-21/h2-9,14,16H,10-13,15,17H2,1H3. The summed E-state index contributed by atoms with van der Waals surface area (Å²) in [6.07, 6.45) is 7.42. The number of aryl methyl sites for hydroxylation is 1. The minimum atomic E-state index is -0.303. The third-order valence-electron chi connectivity index (χ3n) is 5.12. The number of aromatic nitrogens is 3. The summed E-state index contributed by atoms with van der Waals surface area (Å²) in [4.78, 5) is 29.3. The van der Waals surface area contributed by atoms with Crippen LogP contribution in [0.3, 0.4) is 0 Å². The highest BCUT2D eigenvalue weighted by molar-refractivity contribution is 5.70. The van der Waals surface area contributed by atoms with Gasteiger partial charge in [-0.2, -0.15) is 0 Å². The van der Waals surface area contributed by atoms with Gasteiger partial charge in [0.05, 0.1) is 5.69 Å². The second-order valence-electron chi connectivity index (χ2n) is 7.47. The van der Waals surface area contributed by atoms with Crippen molar-refractivity contribution < 1.29 is 9.53 Å². The van der Waals surface area contributed by atoms with E-state index in [2.05, 4.69) is 32.8 Å². The molecular weight excluding hydrogens is 378 g/mol. The number of carbonyl (C=O) groups excluding carboxylic acids is 1. The average Bonchev–Trinajstić information content (AvgIpc) is 2.76. The Morgan fingerprint density at radius 2 is 1.73 bits per heavy atom. The molecule has 0 spiro atoms. The number of piperazine rings is 1. The van der Waals surface area contributed by atoms with Crippen LogP contribution in [0.1, 0.15) is 22.5 Å². The monoisotopic (exact) mass is 403 g/mol. The van der Waals surface area contributed by atoms with Crippen LogP contribution in [-0.4, -0.2) is 57.0 Å². The second kappa shape index (κ2) is 9.45. The Labute approximate surface area is 176 Å². The molecule has 1 fully saturated rings. The Morgan fingerprint density at radius 1 is 0.967 bits per heavy atom. The number of ether oxygens (including phenoxy) is 1. The van der Waals surface area contributed by atoms with Crippen molar-refractivity contribution in [3.63, 3.8) is 0 Å². The first-order chi connectivity index (χ1) is 14.7. The summed E-state index contributed by atoms with van der Waals surface area (Å²) in [6.45, 7) is 5.64. The lowest BCUT2D eigenvalue weighted by Gasteiger charge is -2.33. The average molecular weight is 403 g/mol. The molecule has 1 aromatic carbocycles. The van der Waals surface area contributed by atoms with Crippen LogP contribution in [0.15, 0.2) is 61.2 Å². The fourth-order valence-electron chi connectivity index (χ4n) is 3.47. The highest BCUT2D eigenvalue weighted by Gasteiger charge is 2.22. The fourth-order valence-corrected chi connectivity index (χ4v) is 3.47. The molecule has 1 saturated heterocycles. The quantitative estimate of drug-likeness (QED) is 0.652. The molecule has 4 rings (SSSR count). The summed E-state index contributed by atoms with van der Waals surface area (Å²) >= 11 is 0. The maximum absolute atomic E-state index is 12.5. The van der Waals surface area contributed by atoms with Crippen molar-refractivity contribution >= 4 is 6.09 Å². The SMILES string of the molecule is Cc1ccnc(Cc2ccc(OC(=O)N3CCN(Cc4cnccn4)CC3)cc2)c1. The molecule has 1 aliphatic heterocycles. The largest absolute Gasteiger partial charge is 0.415 e. The molecule has 3 heterocycles. The van der Waals surface area contributed by atoms with Gasteiger partial charge in [-0.15, -0.1) is 0 Å². The highest BCUT2D eigenvalue weighted by atomic mass is 16.6. The van der Waals surface area contributed by atoms with E-state index < -0.39 is 0 Å². The first kappa shape index (κ1) is 20.0. The Bertz CT molecular complexity index is 970. The van der Waals surface area contributed by atoms with E-state index in [1.807, 2.05) is 36.5 Å². The van der Waals surface area contributed by atoms with Crippen LogP contribution in [0.2, 0.25) is 0 Å². The van der Waals surface area contributed by atoms with Gasteiger partial charge in [0.15, 0.2) is 0 Å². The molecule has 154 valence electrons. The zero-order valence-corrected chi connectivity index (χ0v) is 17.1. The van der Waals surface area contributed by atoms with Gasteiger partial charge in [0.25, 0.3) is 0 Å². The topological polar surface area (TPSA) is 71.5 Å². The maximum Gasteiger partial charge on any atom is 0.415 e. The number of rotatable bonds is 5. The molecule has 1 aliphatic rings. The van der Waals surface area contributed by atoms with Gasteiger partial charge in [-0.05, 0) is 42.3 Å². The smallest absolute Gasteiger partial charge is 0.410 e. The van der Waals surface area contributed by atoms with Crippen LogP contribution >= 0.6 is 0 Å². The maximum atomic E-state index is 12.5. The number of pyridine rings is 1. The molecule has 1 amide bonds. The van der Waals surface area contributed by atoms with Crippen molar-refractivity contribution in [3.05, 3.63) is 83.7 Å². The summed E-state index contributed by atoms with van der Waals surface area (Å²) in [7, 11) is 0. The number of carbonyl (C=O) groups is 1. The van der Waals surface area contributed by atoms with E-state index >= 15 is 0 Å². The van der Waals surface area contributed by atoms with Crippen molar-refractivity contribution in [2.45, 2.75) is 19.9 Å². The Hall–Kier alpha value is -3.32. The zero-order chi connectivity index (χ0) is 20.8. The molecule has 0 N–H and O–H groups in total. The van der Waals surface area contributed by atoms with E-state index in [1.165, 1.54) is 5.56 Å². The minimum absolute atomic E-state index is 0.303. The minimum Gasteiger partial charge on any atom is -0.410 e. The van der Waals surface area contributed by atoms with Crippen LogP contribution in [0.4, 0.5) is 4.79 Å². The molecule has 7 nitrogen and oxygen atoms in total. The number of benzene rings is 1. The highest BCUT2D eigenvalue weighted by Crippen LogP contribution is 2.17. The van der Waals surface area contributed by atoms with Crippen molar-refractivity contribution in [2.24, 2.45) is 0 Å². The molecule has 0 bridgehead atoms. The molecule has 0 atom stereocenters. The predicted octanol–water partition coefficient (Wildman–Crippen LogP) is 3.09. The lowest BCUT2D eigenvalue weighted by atomic mass is 10.1. The van der Waals surface area contributed by atoms with E-state index in [4.69, 9.17) is 4.74 Å². The van der Waals surface area contributed by atoms with Gasteiger partial charge in [0, 0.05) is 69.6 Å². The first-order valence-corrected chi connectivity index (χ1v) is 10.1. The lowest BCUT2D eigenvalue weighted by Crippen LogP contribution is -2.49. The van der Waals surface area contributed by atoms with Crippen LogP contribution in [0.5, 0.6) is 5.75 Å². The van der Waals surface area contributed by atoms with Gasteiger partial charge >= 0.3 is 6.09 Å². The van der Waals surface area contributed by atoms with E-state index in [1.54, 1.807) is 23.5 Å². The summed E-state index contributed by atoms with van der Waals surface area (Å²) in [5, 5.41) is 0. The van der Waals surface area contributed by atoms with Crippen molar-refractivity contribution in [3.8, 4) is 5.75 Å². The normalized spacial score (nSPS) is 14.5. The zero-order valence-electron chi connectivity index (χ0n) is 17.1. The van der Waals surface area contributed by atoms with E-state index in [-0.39, 0.29) is 6.09 Å². The molecule has 0 unspecified atom stereocenters. The van der Waals surface area contributed by atoms with Crippen LogP contribution in [-0.2, 0) is 13.0 Å². The van der Waals surface area contributed by atoms with Crippen LogP contribution in [0.25, 0.3) is 0 Å². The molecule has 7 heteroatoms. The third-order valence-corrected chi connectivity index (χ3v) is 5.12. The Kier molecular flexibility index (Phi) is 6.29. The van der Waals surface area contributed by atoms with E-state index in [0.717, 1.165) is 43.0 Å². The van der Waals surface area contributed by atoms with Gasteiger partial charge in [0.1, 0.15) is 5.75 Å². The molecule has 30 heavy (non-hydrogen) atoms. The van der Waals surface area contributed by atoms with Gasteiger partial charge in [-0.3, -0.25) is 19.9 Å². The van der Waals surface area contributed by atoms with E-state index in [0.29, 0.717) is 18.8 Å². The van der Waals surface area contributed by atoms with E-state index in [9.17, 15) is 4.79 Å². The Morgan fingerprint density at radius 3 is 2.43 bits per heavy atom. The van der Waals surface area contributed by atoms with Crippen LogP contribution in [0, 0.1) is 6.92 Å². The van der Waals surface area contributed by atoms with Crippen molar-refractivity contribution in [1.29, 1.82) is 0 Å². The van der Waals surface area contributed by atoms with Gasteiger partial charge in [-0.25, -0.2) is 4.79 Å². The molecule has 0 radical (unpaired) electrons. The summed E-state index contributed by atoms with van der Waals surface area (Å²) < 4.78 is 5.56. The van der Waals surface area contributed by atoms with Gasteiger partial charge in [0.2, 0.25) is 0 Å². The summed E-state index contributed by atoms with van der Waals surface area (Å²) in [5.41, 5.74) is 4.29. The molecule has 0 aliphatic carbocycles. The molecular formula is C23H25N5O2. The number of nitrogens with zero attached hydrogens (tertiary/aromatic N) is 5. The number of hydrogen-bond donors (Lipinski definition) is 0. The van der Waals surface area contributed by atoms with Gasteiger partial charge in [-0.1, -0.05) is 12.1 Å². The molecule has 0 saturated carbocycles. The summed E-state index contributed by atoms with van der Waals surface area (Å²) in [6, 6.07) is 11.7. The predicted molar refractivity (Wildman–Crippen MR) is 113 cm³/mol.